The Labute approximate surface area is 299 Å². The molecule has 0 saturated heterocycles. The Morgan fingerprint density at radius 1 is 0.235 bits per heavy atom. The molecular formula is C50H30S. The molecule has 0 nitrogen and oxygen atoms in total. The third-order valence-corrected chi connectivity index (χ3v) is 12.0. The van der Waals surface area contributed by atoms with E-state index in [4.69, 9.17) is 0 Å². The zero-order chi connectivity index (χ0) is 33.5. The van der Waals surface area contributed by atoms with E-state index in [9.17, 15) is 0 Å². The summed E-state index contributed by atoms with van der Waals surface area (Å²) in [6, 6.07) is 67.4. The molecule has 0 unspecified atom stereocenters. The van der Waals surface area contributed by atoms with Gasteiger partial charge in [0.1, 0.15) is 0 Å². The maximum Gasteiger partial charge on any atom is 0.0362 e. The highest BCUT2D eigenvalue weighted by atomic mass is 32.1. The van der Waals surface area contributed by atoms with E-state index in [1.807, 2.05) is 11.3 Å². The predicted molar refractivity (Wildman–Crippen MR) is 223 cm³/mol. The van der Waals surface area contributed by atoms with E-state index in [1.165, 1.54) is 107 Å². The summed E-state index contributed by atoms with van der Waals surface area (Å²) in [5.74, 6) is 0. The lowest BCUT2D eigenvalue weighted by molar-refractivity contribution is 1.61. The average Bonchev–Trinajstić information content (AvgIpc) is 3.58. The molecule has 0 aliphatic rings. The molecule has 0 aliphatic carbocycles. The van der Waals surface area contributed by atoms with Crippen LogP contribution in [0.3, 0.4) is 0 Å². The van der Waals surface area contributed by atoms with Crippen LogP contribution in [-0.4, -0.2) is 0 Å². The minimum Gasteiger partial charge on any atom is -0.135 e. The van der Waals surface area contributed by atoms with Crippen LogP contribution < -0.4 is 0 Å². The van der Waals surface area contributed by atoms with Gasteiger partial charge in [-0.1, -0.05) is 158 Å². The summed E-state index contributed by atoms with van der Waals surface area (Å²) >= 11 is 1.90. The summed E-state index contributed by atoms with van der Waals surface area (Å²) in [6.45, 7) is 0. The average molecular weight is 663 g/mol. The van der Waals surface area contributed by atoms with Crippen molar-refractivity contribution < 1.29 is 0 Å². The zero-order valence-electron chi connectivity index (χ0n) is 27.7. The van der Waals surface area contributed by atoms with E-state index in [0.717, 1.165) is 0 Å². The molecule has 0 spiro atoms. The van der Waals surface area contributed by atoms with Crippen LogP contribution in [-0.2, 0) is 0 Å². The lowest BCUT2D eigenvalue weighted by Gasteiger charge is -2.18. The van der Waals surface area contributed by atoms with Crippen molar-refractivity contribution in [2.45, 2.75) is 0 Å². The van der Waals surface area contributed by atoms with Crippen molar-refractivity contribution in [2.75, 3.05) is 0 Å². The molecule has 51 heavy (non-hydrogen) atoms. The minimum absolute atomic E-state index is 1.23. The van der Waals surface area contributed by atoms with Crippen molar-refractivity contribution in [3.63, 3.8) is 0 Å². The van der Waals surface area contributed by atoms with Gasteiger partial charge in [0.05, 0.1) is 0 Å². The maximum atomic E-state index is 2.47. The summed E-state index contributed by atoms with van der Waals surface area (Å²) in [5, 5.41) is 15.7. The molecule has 11 rings (SSSR count). The lowest BCUT2D eigenvalue weighted by Crippen LogP contribution is -1.91. The lowest BCUT2D eigenvalue weighted by atomic mass is 9.85. The molecule has 0 saturated carbocycles. The molecule has 11 aromatic rings. The number of hydrogen-bond donors (Lipinski definition) is 0. The third-order valence-electron chi connectivity index (χ3n) is 10.8. The summed E-state index contributed by atoms with van der Waals surface area (Å²) in [7, 11) is 0. The van der Waals surface area contributed by atoms with Crippen LogP contribution >= 0.6 is 11.3 Å². The third kappa shape index (κ3) is 4.26. The Hall–Kier alpha value is -6.28. The monoisotopic (exact) mass is 662 g/mol. The Balaban J connectivity index is 1.22. The highest BCUT2D eigenvalue weighted by molar-refractivity contribution is 7.26. The summed E-state index contributed by atoms with van der Waals surface area (Å²) in [4.78, 5) is 0. The van der Waals surface area contributed by atoms with Crippen molar-refractivity contribution in [2.24, 2.45) is 0 Å². The highest BCUT2D eigenvalue weighted by Crippen LogP contribution is 2.48. The van der Waals surface area contributed by atoms with Gasteiger partial charge < -0.3 is 0 Å². The summed E-state index contributed by atoms with van der Waals surface area (Å²) in [5.41, 5.74) is 7.53. The van der Waals surface area contributed by atoms with Crippen LogP contribution in [0.4, 0.5) is 0 Å². The molecule has 1 heteroatoms. The van der Waals surface area contributed by atoms with Crippen LogP contribution in [0.2, 0.25) is 0 Å². The Bertz CT molecular complexity index is 3090. The quantitative estimate of drug-likeness (QED) is 0.130. The first-order valence-electron chi connectivity index (χ1n) is 17.6. The van der Waals surface area contributed by atoms with Gasteiger partial charge in [0, 0.05) is 20.2 Å². The first-order chi connectivity index (χ1) is 25.3. The Morgan fingerprint density at radius 3 is 1.31 bits per heavy atom. The molecule has 0 amide bonds. The van der Waals surface area contributed by atoms with Gasteiger partial charge >= 0.3 is 0 Å². The van der Waals surface area contributed by atoms with E-state index < -0.39 is 0 Å². The van der Waals surface area contributed by atoms with Crippen LogP contribution in [0.25, 0.3) is 107 Å². The first kappa shape index (κ1) is 28.5. The number of thiophene rings is 1. The van der Waals surface area contributed by atoms with E-state index in [2.05, 4.69) is 182 Å². The molecule has 0 bridgehead atoms. The van der Waals surface area contributed by atoms with E-state index >= 15 is 0 Å². The molecule has 1 heterocycles. The first-order valence-corrected chi connectivity index (χ1v) is 18.4. The second kappa shape index (κ2) is 11.1. The van der Waals surface area contributed by atoms with Crippen LogP contribution in [0.5, 0.6) is 0 Å². The summed E-state index contributed by atoms with van der Waals surface area (Å²) < 4.78 is 2.65. The van der Waals surface area contributed by atoms with Gasteiger partial charge in [-0.2, -0.15) is 0 Å². The maximum absolute atomic E-state index is 2.47. The standard InChI is InChI=1S/C50H30S/c1-2-13-31(14-3-1)32-15-12-16-33(29-32)47-39-21-8-10-23-41(39)48(42-24-11-9-22-40(42)47)34-25-27-45-44(30-34)50-46(51-45)28-26-43-37-19-5-4-17-35(37)36-18-6-7-20-38(36)49(43)50/h1-30H. The van der Waals surface area contributed by atoms with Gasteiger partial charge in [-0.25, -0.2) is 0 Å². The Morgan fingerprint density at radius 2 is 0.686 bits per heavy atom. The van der Waals surface area contributed by atoms with Crippen molar-refractivity contribution in [3.05, 3.63) is 182 Å². The smallest absolute Gasteiger partial charge is 0.0362 e. The van der Waals surface area contributed by atoms with Crippen molar-refractivity contribution in [1.82, 2.24) is 0 Å². The summed E-state index contributed by atoms with van der Waals surface area (Å²) in [6.07, 6.45) is 0. The van der Waals surface area contributed by atoms with Crippen LogP contribution in [0.1, 0.15) is 0 Å². The van der Waals surface area contributed by atoms with Gasteiger partial charge in [-0.05, 0) is 112 Å². The minimum atomic E-state index is 1.23. The van der Waals surface area contributed by atoms with Crippen LogP contribution in [0, 0.1) is 0 Å². The van der Waals surface area contributed by atoms with Gasteiger partial charge in [-0.15, -0.1) is 11.3 Å². The molecule has 0 fully saturated rings. The molecule has 0 radical (unpaired) electrons. The fourth-order valence-corrected chi connectivity index (χ4v) is 9.75. The topological polar surface area (TPSA) is 0 Å². The molecule has 10 aromatic carbocycles. The van der Waals surface area contributed by atoms with E-state index in [-0.39, 0.29) is 0 Å². The van der Waals surface area contributed by atoms with E-state index in [0.29, 0.717) is 0 Å². The second-order valence-electron chi connectivity index (χ2n) is 13.6. The molecule has 0 aliphatic heterocycles. The van der Waals surface area contributed by atoms with Crippen molar-refractivity contribution in [3.8, 4) is 33.4 Å². The Kier molecular flexibility index (Phi) is 6.22. The predicted octanol–water partition coefficient (Wildman–Crippen LogP) is 14.8. The second-order valence-corrected chi connectivity index (χ2v) is 14.6. The molecule has 1 aromatic heterocycles. The number of hydrogen-bond acceptors (Lipinski definition) is 1. The van der Waals surface area contributed by atoms with Gasteiger partial charge in [0.15, 0.2) is 0 Å². The largest absolute Gasteiger partial charge is 0.135 e. The van der Waals surface area contributed by atoms with Gasteiger partial charge in [0.2, 0.25) is 0 Å². The molecule has 0 N–H and O–H groups in total. The van der Waals surface area contributed by atoms with E-state index in [1.54, 1.807) is 0 Å². The molecular weight excluding hydrogens is 633 g/mol. The molecule has 236 valence electrons. The normalized spacial score (nSPS) is 11.9. The molecule has 0 atom stereocenters. The van der Waals surface area contributed by atoms with Gasteiger partial charge in [0.25, 0.3) is 0 Å². The fraction of sp³-hybridized carbons (Fsp3) is 0. The van der Waals surface area contributed by atoms with Crippen molar-refractivity contribution in [1.29, 1.82) is 0 Å². The van der Waals surface area contributed by atoms with Crippen molar-refractivity contribution >= 4 is 85.4 Å². The SMILES string of the molecule is c1ccc(-c2cccc(-c3c4ccccc4c(-c4ccc5sc6ccc7c8ccccc8c8ccccc8c7c6c5c4)c4ccccc34)c2)cc1. The fourth-order valence-electron chi connectivity index (χ4n) is 8.65. The highest BCUT2D eigenvalue weighted by Gasteiger charge is 2.19. The van der Waals surface area contributed by atoms with Gasteiger partial charge in [-0.3, -0.25) is 0 Å². The number of fused-ring (bicyclic) bond motifs is 12. The number of rotatable bonds is 3. The number of benzene rings is 10. The zero-order valence-corrected chi connectivity index (χ0v) is 28.5. The van der Waals surface area contributed by atoms with Crippen LogP contribution in [0.15, 0.2) is 182 Å².